The average Bonchev–Trinajstić information content (AvgIpc) is 2.19. The second kappa shape index (κ2) is 4.84. The number of hydrogen-bond donors (Lipinski definition) is 1. The fraction of sp³-hybridized carbons (Fsp3) is 0.300. The molecule has 0 heterocycles. The number of carboxylic acid groups (broad SMARTS) is 1. The van der Waals surface area contributed by atoms with E-state index in [0.29, 0.717) is 5.56 Å². The van der Waals surface area contributed by atoms with Crippen LogP contribution in [0.25, 0.3) is 0 Å². The highest BCUT2D eigenvalue weighted by molar-refractivity contribution is 5.71. The highest BCUT2D eigenvalue weighted by Gasteiger charge is 2.11. The Balaban J connectivity index is 2.58. The number of aliphatic carboxylic acids is 1. The summed E-state index contributed by atoms with van der Waals surface area (Å²) >= 11 is 0. The maximum Gasteiger partial charge on any atom is 0.332 e. The van der Waals surface area contributed by atoms with Crippen molar-refractivity contribution in [2.75, 3.05) is 0 Å². The first-order valence-electron chi connectivity index (χ1n) is 4.29. The molecule has 0 aliphatic rings. The van der Waals surface area contributed by atoms with E-state index in [9.17, 15) is 13.6 Å². The molecule has 0 aliphatic carbocycles. The molecule has 15 heavy (non-hydrogen) atoms. The molecular formula is C10H10F2O3. The number of carboxylic acids is 1. The Labute approximate surface area is 85.3 Å². The molecule has 0 radical (unpaired) electrons. The number of halogens is 2. The summed E-state index contributed by atoms with van der Waals surface area (Å²) in [5, 5.41) is 8.50. The Morgan fingerprint density at radius 1 is 1.47 bits per heavy atom. The topological polar surface area (TPSA) is 46.5 Å². The number of hydrogen-bond acceptors (Lipinski definition) is 2. The monoisotopic (exact) mass is 216 g/mol. The quantitative estimate of drug-likeness (QED) is 0.836. The zero-order valence-corrected chi connectivity index (χ0v) is 8.04. The fourth-order valence-corrected chi connectivity index (χ4v) is 0.922. The van der Waals surface area contributed by atoms with Crippen molar-refractivity contribution >= 4 is 5.97 Å². The van der Waals surface area contributed by atoms with E-state index in [4.69, 9.17) is 9.84 Å². The van der Waals surface area contributed by atoms with Crippen LogP contribution in [0, 0.1) is 11.6 Å². The van der Waals surface area contributed by atoms with Crippen molar-refractivity contribution in [1.82, 2.24) is 0 Å². The van der Waals surface area contributed by atoms with Gasteiger partial charge in [-0.1, -0.05) is 6.07 Å². The number of ether oxygens (including phenoxy) is 1. The van der Waals surface area contributed by atoms with Crippen LogP contribution in [0.15, 0.2) is 18.2 Å². The number of carbonyl (C=O) groups is 1. The van der Waals surface area contributed by atoms with Gasteiger partial charge < -0.3 is 9.84 Å². The zero-order chi connectivity index (χ0) is 11.4. The maximum atomic E-state index is 12.7. The normalized spacial score (nSPS) is 12.5. The second-order valence-corrected chi connectivity index (χ2v) is 3.04. The minimum atomic E-state index is -1.10. The largest absolute Gasteiger partial charge is 0.479 e. The van der Waals surface area contributed by atoms with E-state index in [-0.39, 0.29) is 6.61 Å². The first-order chi connectivity index (χ1) is 7.00. The summed E-state index contributed by atoms with van der Waals surface area (Å²) < 4.78 is 30.1. The van der Waals surface area contributed by atoms with Crippen molar-refractivity contribution in [3.8, 4) is 0 Å². The van der Waals surface area contributed by atoms with Crippen LogP contribution in [-0.2, 0) is 16.1 Å². The van der Waals surface area contributed by atoms with Crippen LogP contribution in [0.5, 0.6) is 0 Å². The van der Waals surface area contributed by atoms with Gasteiger partial charge in [-0.05, 0) is 24.6 Å². The summed E-state index contributed by atoms with van der Waals surface area (Å²) in [7, 11) is 0. The van der Waals surface area contributed by atoms with Gasteiger partial charge >= 0.3 is 5.97 Å². The first kappa shape index (κ1) is 11.6. The van der Waals surface area contributed by atoms with E-state index in [2.05, 4.69) is 0 Å². The predicted molar refractivity (Wildman–Crippen MR) is 48.2 cm³/mol. The van der Waals surface area contributed by atoms with Gasteiger partial charge in [-0.15, -0.1) is 0 Å². The van der Waals surface area contributed by atoms with E-state index in [1.165, 1.54) is 13.0 Å². The van der Waals surface area contributed by atoms with Crippen LogP contribution < -0.4 is 0 Å². The molecule has 1 aromatic carbocycles. The number of benzene rings is 1. The molecule has 0 unspecified atom stereocenters. The van der Waals surface area contributed by atoms with Gasteiger partial charge in [0.15, 0.2) is 17.7 Å². The van der Waals surface area contributed by atoms with Gasteiger partial charge in [-0.2, -0.15) is 0 Å². The molecule has 0 aromatic heterocycles. The van der Waals surface area contributed by atoms with Gasteiger partial charge in [-0.3, -0.25) is 0 Å². The highest BCUT2D eigenvalue weighted by Crippen LogP contribution is 2.10. The van der Waals surface area contributed by atoms with Crippen molar-refractivity contribution in [2.45, 2.75) is 19.6 Å². The Kier molecular flexibility index (Phi) is 3.74. The van der Waals surface area contributed by atoms with Crippen molar-refractivity contribution in [1.29, 1.82) is 0 Å². The lowest BCUT2D eigenvalue weighted by atomic mass is 10.2. The molecule has 0 spiro atoms. The third-order valence-corrected chi connectivity index (χ3v) is 1.83. The maximum absolute atomic E-state index is 12.7. The average molecular weight is 216 g/mol. The molecule has 1 N–H and O–H groups in total. The smallest absolute Gasteiger partial charge is 0.332 e. The molecule has 82 valence electrons. The predicted octanol–water partition coefficient (Wildman–Crippen LogP) is 1.95. The molecule has 0 fully saturated rings. The summed E-state index contributed by atoms with van der Waals surface area (Å²) in [4.78, 5) is 10.4. The van der Waals surface area contributed by atoms with Crippen molar-refractivity contribution in [2.24, 2.45) is 0 Å². The summed E-state index contributed by atoms with van der Waals surface area (Å²) in [6.07, 6.45) is -0.974. The third kappa shape index (κ3) is 3.28. The molecule has 3 nitrogen and oxygen atoms in total. The molecule has 0 bridgehead atoms. The lowest BCUT2D eigenvalue weighted by Crippen LogP contribution is -2.19. The van der Waals surface area contributed by atoms with Crippen LogP contribution in [0.1, 0.15) is 12.5 Å². The van der Waals surface area contributed by atoms with E-state index in [1.54, 1.807) is 0 Å². The molecule has 0 saturated carbocycles. The lowest BCUT2D eigenvalue weighted by Gasteiger charge is -2.08. The minimum Gasteiger partial charge on any atom is -0.479 e. The van der Waals surface area contributed by atoms with Crippen LogP contribution >= 0.6 is 0 Å². The van der Waals surface area contributed by atoms with E-state index >= 15 is 0 Å². The van der Waals surface area contributed by atoms with Crippen LogP contribution in [0.4, 0.5) is 8.78 Å². The molecule has 1 aromatic rings. The number of rotatable bonds is 4. The molecule has 1 atom stereocenters. The Bertz CT molecular complexity index is 366. The SMILES string of the molecule is C[C@@H](OCc1ccc(F)c(F)c1)C(=O)O. The zero-order valence-electron chi connectivity index (χ0n) is 8.04. The Hall–Kier alpha value is -1.49. The van der Waals surface area contributed by atoms with Crippen LogP contribution in [-0.4, -0.2) is 17.2 Å². The Morgan fingerprint density at radius 2 is 2.13 bits per heavy atom. The van der Waals surface area contributed by atoms with Gasteiger partial charge in [-0.25, -0.2) is 13.6 Å². The van der Waals surface area contributed by atoms with Gasteiger partial charge in [0.2, 0.25) is 0 Å². The van der Waals surface area contributed by atoms with Gasteiger partial charge in [0.05, 0.1) is 6.61 Å². The van der Waals surface area contributed by atoms with Gasteiger partial charge in [0, 0.05) is 0 Å². The summed E-state index contributed by atoms with van der Waals surface area (Å²) in [5.74, 6) is -3.01. The minimum absolute atomic E-state index is 0.0648. The summed E-state index contributed by atoms with van der Waals surface area (Å²) in [5.41, 5.74) is 0.391. The molecule has 5 heteroatoms. The molecule has 1 rings (SSSR count). The van der Waals surface area contributed by atoms with Crippen molar-refractivity contribution in [3.05, 3.63) is 35.4 Å². The Morgan fingerprint density at radius 3 is 2.67 bits per heavy atom. The third-order valence-electron chi connectivity index (χ3n) is 1.83. The highest BCUT2D eigenvalue weighted by atomic mass is 19.2. The van der Waals surface area contributed by atoms with E-state index < -0.39 is 23.7 Å². The van der Waals surface area contributed by atoms with Crippen molar-refractivity contribution < 1.29 is 23.4 Å². The first-order valence-corrected chi connectivity index (χ1v) is 4.29. The summed E-state index contributed by atoms with van der Waals surface area (Å²) in [6, 6.07) is 3.29. The lowest BCUT2D eigenvalue weighted by molar-refractivity contribution is -0.149. The van der Waals surface area contributed by atoms with E-state index in [1.807, 2.05) is 0 Å². The molecular weight excluding hydrogens is 206 g/mol. The second-order valence-electron chi connectivity index (χ2n) is 3.04. The van der Waals surface area contributed by atoms with Crippen LogP contribution in [0.2, 0.25) is 0 Å². The van der Waals surface area contributed by atoms with Gasteiger partial charge in [0.25, 0.3) is 0 Å². The molecule has 0 aliphatic heterocycles. The van der Waals surface area contributed by atoms with Crippen molar-refractivity contribution in [3.63, 3.8) is 0 Å². The van der Waals surface area contributed by atoms with E-state index in [0.717, 1.165) is 12.1 Å². The van der Waals surface area contributed by atoms with Gasteiger partial charge in [0.1, 0.15) is 0 Å². The summed E-state index contributed by atoms with van der Waals surface area (Å²) in [6.45, 7) is 1.30. The van der Waals surface area contributed by atoms with Crippen LogP contribution in [0.3, 0.4) is 0 Å². The standard InChI is InChI=1S/C10H10F2O3/c1-6(10(13)14)15-5-7-2-3-8(11)9(12)4-7/h2-4,6H,5H2,1H3,(H,13,14)/t6-/m1/s1. The fourth-order valence-electron chi connectivity index (χ4n) is 0.922. The molecule has 0 amide bonds. The molecule has 0 saturated heterocycles.